The van der Waals surface area contributed by atoms with Crippen molar-refractivity contribution in [1.29, 1.82) is 0 Å². The van der Waals surface area contributed by atoms with Crippen molar-refractivity contribution < 1.29 is 14.7 Å². The molecule has 0 bridgehead atoms. The quantitative estimate of drug-likeness (QED) is 0.873. The van der Waals surface area contributed by atoms with Gasteiger partial charge in [-0.15, -0.1) is 0 Å². The summed E-state index contributed by atoms with van der Waals surface area (Å²) >= 11 is 0. The molecule has 2 aromatic rings. The molecule has 0 saturated carbocycles. The van der Waals surface area contributed by atoms with Crippen molar-refractivity contribution in [3.63, 3.8) is 0 Å². The molecule has 0 spiro atoms. The van der Waals surface area contributed by atoms with Gasteiger partial charge in [0.2, 0.25) is 5.91 Å². The number of carbonyl (C=O) groups is 2. The molecule has 4 rings (SSSR count). The minimum atomic E-state index is -0.832. The molecule has 2 aliphatic heterocycles. The van der Waals surface area contributed by atoms with Crippen LogP contribution in [-0.4, -0.2) is 58.0 Å². The number of hydrogen-bond donors (Lipinski definition) is 1. The molecule has 146 valence electrons. The normalized spacial score (nSPS) is 23.0. The zero-order valence-electron chi connectivity index (χ0n) is 15.6. The molecule has 1 N–H and O–H groups in total. The lowest BCUT2D eigenvalue weighted by Crippen LogP contribution is -2.42. The van der Waals surface area contributed by atoms with E-state index in [1.807, 2.05) is 30.3 Å². The maximum absolute atomic E-state index is 13.1. The van der Waals surface area contributed by atoms with E-state index in [-0.39, 0.29) is 24.3 Å². The maximum Gasteiger partial charge on any atom is 0.308 e. The van der Waals surface area contributed by atoms with Gasteiger partial charge in [0, 0.05) is 50.4 Å². The van der Waals surface area contributed by atoms with Gasteiger partial charge >= 0.3 is 5.97 Å². The molecule has 2 fully saturated rings. The van der Waals surface area contributed by atoms with Crippen LogP contribution in [0.25, 0.3) is 0 Å². The van der Waals surface area contributed by atoms with Crippen LogP contribution < -0.4 is 4.90 Å². The van der Waals surface area contributed by atoms with Crippen molar-refractivity contribution >= 4 is 17.7 Å². The van der Waals surface area contributed by atoms with Crippen LogP contribution >= 0.6 is 0 Å². The Morgan fingerprint density at radius 1 is 1.04 bits per heavy atom. The van der Waals surface area contributed by atoms with Crippen LogP contribution in [0.3, 0.4) is 0 Å². The van der Waals surface area contributed by atoms with E-state index in [2.05, 4.69) is 14.9 Å². The summed E-state index contributed by atoms with van der Waals surface area (Å²) in [5.41, 5.74) is 0.989. The fourth-order valence-electron chi connectivity index (χ4n) is 4.34. The number of aliphatic carboxylic acids is 1. The Balaban J connectivity index is 1.41. The monoisotopic (exact) mass is 380 g/mol. The number of likely N-dealkylation sites (tertiary alicyclic amines) is 1. The highest BCUT2D eigenvalue weighted by Gasteiger charge is 2.42. The van der Waals surface area contributed by atoms with Gasteiger partial charge < -0.3 is 14.9 Å². The molecule has 2 saturated heterocycles. The highest BCUT2D eigenvalue weighted by atomic mass is 16.4. The van der Waals surface area contributed by atoms with E-state index in [0.717, 1.165) is 37.3 Å². The fraction of sp³-hybridized carbons (Fsp3) is 0.429. The van der Waals surface area contributed by atoms with Crippen molar-refractivity contribution in [3.05, 3.63) is 54.5 Å². The van der Waals surface area contributed by atoms with Crippen LogP contribution in [0.1, 0.15) is 24.3 Å². The number of benzene rings is 1. The number of nitrogens with zero attached hydrogens (tertiary/aromatic N) is 4. The molecule has 0 unspecified atom stereocenters. The van der Waals surface area contributed by atoms with Gasteiger partial charge in [-0.25, -0.2) is 4.98 Å². The first-order valence-electron chi connectivity index (χ1n) is 9.71. The predicted molar refractivity (Wildman–Crippen MR) is 104 cm³/mol. The number of carboxylic acids is 1. The zero-order valence-corrected chi connectivity index (χ0v) is 15.6. The first-order valence-corrected chi connectivity index (χ1v) is 9.71. The van der Waals surface area contributed by atoms with Gasteiger partial charge in [0.1, 0.15) is 5.82 Å². The van der Waals surface area contributed by atoms with Crippen molar-refractivity contribution in [1.82, 2.24) is 14.9 Å². The van der Waals surface area contributed by atoms with E-state index < -0.39 is 11.9 Å². The Bertz CT molecular complexity index is 822. The molecular weight excluding hydrogens is 356 g/mol. The first kappa shape index (κ1) is 18.4. The van der Waals surface area contributed by atoms with Crippen LogP contribution in [-0.2, 0) is 9.59 Å². The second-order valence-electron chi connectivity index (χ2n) is 7.53. The Kier molecular flexibility index (Phi) is 5.23. The second kappa shape index (κ2) is 7.96. The maximum atomic E-state index is 13.1. The summed E-state index contributed by atoms with van der Waals surface area (Å²) in [6.45, 7) is 2.28. The molecular formula is C21H24N4O3. The number of carboxylic acid groups (broad SMARTS) is 1. The van der Waals surface area contributed by atoms with Gasteiger partial charge in [0.25, 0.3) is 0 Å². The molecule has 7 nitrogen and oxygen atoms in total. The van der Waals surface area contributed by atoms with Crippen molar-refractivity contribution in [2.24, 2.45) is 11.8 Å². The van der Waals surface area contributed by atoms with Crippen LogP contribution in [0.5, 0.6) is 0 Å². The Morgan fingerprint density at radius 2 is 1.79 bits per heavy atom. The number of aromatic nitrogens is 2. The summed E-state index contributed by atoms with van der Waals surface area (Å²) in [4.78, 5) is 37.2. The SMILES string of the molecule is O=C(O)[C@@H]1CN(C(=O)C2CCN(c3cnccn3)CC2)C[C@H]1c1ccccc1. The van der Waals surface area contributed by atoms with Crippen LogP contribution in [0.15, 0.2) is 48.9 Å². The van der Waals surface area contributed by atoms with Gasteiger partial charge in [-0.3, -0.25) is 14.6 Å². The van der Waals surface area contributed by atoms with Crippen molar-refractivity contribution in [2.75, 3.05) is 31.1 Å². The topological polar surface area (TPSA) is 86.6 Å². The molecule has 1 amide bonds. The van der Waals surface area contributed by atoms with E-state index >= 15 is 0 Å². The lowest BCUT2D eigenvalue weighted by atomic mass is 9.89. The molecule has 3 heterocycles. The minimum absolute atomic E-state index is 0.0584. The van der Waals surface area contributed by atoms with Crippen molar-refractivity contribution in [2.45, 2.75) is 18.8 Å². The Morgan fingerprint density at radius 3 is 2.43 bits per heavy atom. The average Bonchev–Trinajstić information content (AvgIpc) is 3.20. The number of carbonyl (C=O) groups excluding carboxylic acids is 1. The van der Waals surface area contributed by atoms with Crippen LogP contribution in [0.2, 0.25) is 0 Å². The third-order valence-electron chi connectivity index (χ3n) is 5.89. The van der Waals surface area contributed by atoms with E-state index in [4.69, 9.17) is 0 Å². The number of anilines is 1. The van der Waals surface area contributed by atoms with Gasteiger partial charge in [-0.05, 0) is 18.4 Å². The third kappa shape index (κ3) is 3.69. The molecule has 7 heteroatoms. The molecule has 2 aliphatic rings. The fourth-order valence-corrected chi connectivity index (χ4v) is 4.34. The number of rotatable bonds is 4. The van der Waals surface area contributed by atoms with Crippen LogP contribution in [0, 0.1) is 11.8 Å². The third-order valence-corrected chi connectivity index (χ3v) is 5.89. The second-order valence-corrected chi connectivity index (χ2v) is 7.53. The van der Waals surface area contributed by atoms with E-state index in [1.54, 1.807) is 23.5 Å². The van der Waals surface area contributed by atoms with Crippen molar-refractivity contribution in [3.8, 4) is 0 Å². The summed E-state index contributed by atoms with van der Waals surface area (Å²) in [7, 11) is 0. The summed E-state index contributed by atoms with van der Waals surface area (Å²) in [6, 6.07) is 9.66. The van der Waals surface area contributed by atoms with E-state index in [1.165, 1.54) is 0 Å². The van der Waals surface area contributed by atoms with Gasteiger partial charge in [0.05, 0.1) is 12.1 Å². The highest BCUT2D eigenvalue weighted by Crippen LogP contribution is 2.34. The molecule has 28 heavy (non-hydrogen) atoms. The lowest BCUT2D eigenvalue weighted by Gasteiger charge is -2.33. The highest BCUT2D eigenvalue weighted by molar-refractivity contribution is 5.81. The largest absolute Gasteiger partial charge is 0.481 e. The van der Waals surface area contributed by atoms with Gasteiger partial charge in [0.15, 0.2) is 0 Å². The molecule has 2 atom stereocenters. The summed E-state index contributed by atoms with van der Waals surface area (Å²) in [6.07, 6.45) is 6.56. The summed E-state index contributed by atoms with van der Waals surface area (Å²) in [5.74, 6) is -0.667. The van der Waals surface area contributed by atoms with Gasteiger partial charge in [-0.1, -0.05) is 30.3 Å². The average molecular weight is 380 g/mol. The van der Waals surface area contributed by atoms with Gasteiger partial charge in [-0.2, -0.15) is 0 Å². The minimum Gasteiger partial charge on any atom is -0.481 e. The molecule has 0 radical (unpaired) electrons. The Hall–Kier alpha value is -2.96. The lowest BCUT2D eigenvalue weighted by molar-refractivity contribution is -0.142. The number of hydrogen-bond acceptors (Lipinski definition) is 5. The first-order chi connectivity index (χ1) is 13.6. The molecule has 1 aromatic heterocycles. The number of amides is 1. The van der Waals surface area contributed by atoms with E-state index in [9.17, 15) is 14.7 Å². The predicted octanol–water partition coefficient (Wildman–Crippen LogP) is 2.02. The molecule has 1 aromatic carbocycles. The molecule has 0 aliphatic carbocycles. The smallest absolute Gasteiger partial charge is 0.308 e. The Labute approximate surface area is 164 Å². The van der Waals surface area contributed by atoms with Crippen LogP contribution in [0.4, 0.5) is 5.82 Å². The summed E-state index contributed by atoms with van der Waals surface area (Å²) in [5, 5.41) is 9.66. The van der Waals surface area contributed by atoms with E-state index in [0.29, 0.717) is 6.54 Å². The zero-order chi connectivity index (χ0) is 19.5. The number of piperidine rings is 1. The standard InChI is InChI=1S/C21H24N4O3/c26-20(16-6-10-24(11-7-16)19-12-22-8-9-23-19)25-13-17(18(14-25)21(27)28)15-4-2-1-3-5-15/h1-5,8-9,12,16-18H,6-7,10-11,13-14H2,(H,27,28)/t17-,18+/m0/s1. The summed E-state index contributed by atoms with van der Waals surface area (Å²) < 4.78 is 0.